The molecule has 0 heterocycles. The summed E-state index contributed by atoms with van der Waals surface area (Å²) in [5, 5.41) is 20.7. The first-order valence-electron chi connectivity index (χ1n) is 45.1. The molecule has 0 radical (unpaired) electrons. The molecule has 0 aliphatic heterocycles. The first-order chi connectivity index (χ1) is 56.2. The number of rotatable bonds is 84. The normalized spacial score (nSPS) is 14.7. The molecule has 0 saturated carbocycles. The van der Waals surface area contributed by atoms with Gasteiger partial charge in [-0.2, -0.15) is 0 Å². The molecule has 0 amide bonds. The van der Waals surface area contributed by atoms with E-state index in [9.17, 15) is 43.5 Å². The summed E-state index contributed by atoms with van der Waals surface area (Å²) in [4.78, 5) is 58.9. The van der Waals surface area contributed by atoms with Gasteiger partial charge in [0.05, 0.1) is 26.4 Å². The Bertz CT molecular complexity index is 2820. The van der Waals surface area contributed by atoms with E-state index in [1.807, 2.05) is 0 Å². The molecule has 0 saturated heterocycles. The number of allylic oxidation sites excluding steroid dienone is 30. The van der Waals surface area contributed by atoms with Crippen molar-refractivity contribution in [2.45, 2.75) is 373 Å². The van der Waals surface area contributed by atoms with Crippen molar-refractivity contribution in [3.63, 3.8) is 0 Å². The van der Waals surface area contributed by atoms with Crippen molar-refractivity contribution in [3.8, 4) is 0 Å². The van der Waals surface area contributed by atoms with Crippen LogP contribution >= 0.6 is 15.6 Å². The fraction of sp³-hybridized carbons (Fsp3) is 0.660. The van der Waals surface area contributed by atoms with Gasteiger partial charge in [-0.15, -0.1) is 0 Å². The first-order valence-corrected chi connectivity index (χ1v) is 48.1. The maximum Gasteiger partial charge on any atom is 0.472 e. The van der Waals surface area contributed by atoms with E-state index < -0.39 is 91.5 Å². The van der Waals surface area contributed by atoms with E-state index in [0.29, 0.717) is 19.3 Å². The third-order valence-electron chi connectivity index (χ3n) is 18.6. The molecule has 0 rings (SSSR count). The Morgan fingerprint density at radius 1 is 0.252 bits per heavy atom. The highest BCUT2D eigenvalue weighted by Gasteiger charge is 2.29. The van der Waals surface area contributed by atoms with Crippen LogP contribution in [-0.4, -0.2) is 95.9 Å². The van der Waals surface area contributed by atoms with Gasteiger partial charge >= 0.3 is 33.6 Å². The summed E-state index contributed by atoms with van der Waals surface area (Å²) >= 11 is 0. The molecule has 0 aromatic carbocycles. The average molecular weight is 1650 g/mol. The van der Waals surface area contributed by atoms with Gasteiger partial charge in [0, 0.05) is 19.3 Å². The second-order valence-electron chi connectivity index (χ2n) is 29.6. The van der Waals surface area contributed by atoms with E-state index in [1.165, 1.54) is 128 Å². The predicted molar refractivity (Wildman–Crippen MR) is 481 cm³/mol. The monoisotopic (exact) mass is 1650 g/mol. The number of aliphatic hydroxyl groups excluding tert-OH is 2. The lowest BCUT2D eigenvalue weighted by Gasteiger charge is -2.21. The molecule has 0 aliphatic rings. The highest BCUT2D eigenvalue weighted by Crippen LogP contribution is 2.45. The summed E-state index contributed by atoms with van der Waals surface area (Å²) < 4.78 is 61.3. The molecule has 4 N–H and O–H groups in total. The molecule has 0 spiro atoms. The van der Waals surface area contributed by atoms with Gasteiger partial charge in [-0.3, -0.25) is 32.5 Å². The molecule has 18 heteroatoms. The fourth-order valence-corrected chi connectivity index (χ4v) is 13.4. The number of phosphoric ester groups is 2. The average Bonchev–Trinajstić information content (AvgIpc) is 0.920. The molecule has 656 valence electrons. The number of hydrogen-bond donors (Lipinski definition) is 4. The number of carbonyl (C=O) groups is 3. The molecule has 0 aliphatic carbocycles. The molecule has 0 aromatic rings. The smallest absolute Gasteiger partial charge is 0.463 e. The first kappa shape index (κ1) is 110. The summed E-state index contributed by atoms with van der Waals surface area (Å²) in [6.07, 6.45) is 115. The van der Waals surface area contributed by atoms with Crippen molar-refractivity contribution in [1.82, 2.24) is 0 Å². The lowest BCUT2D eigenvalue weighted by molar-refractivity contribution is -0.161. The van der Waals surface area contributed by atoms with Crippen molar-refractivity contribution in [2.24, 2.45) is 0 Å². The van der Waals surface area contributed by atoms with Gasteiger partial charge < -0.3 is 34.2 Å². The molecular weight excluding hydrogens is 1480 g/mol. The van der Waals surface area contributed by atoms with Crippen LogP contribution in [0.15, 0.2) is 182 Å². The number of esters is 3. The molecule has 0 fully saturated rings. The number of carbonyl (C=O) groups excluding carboxylic acids is 3. The van der Waals surface area contributed by atoms with Gasteiger partial charge in [0.2, 0.25) is 0 Å². The minimum Gasteiger partial charge on any atom is -0.463 e. The largest absolute Gasteiger partial charge is 0.472 e. The van der Waals surface area contributed by atoms with Crippen LogP contribution in [0.3, 0.4) is 0 Å². The molecule has 0 bridgehead atoms. The third kappa shape index (κ3) is 89.3. The second kappa shape index (κ2) is 87.9. The van der Waals surface area contributed by atoms with Gasteiger partial charge in [0.15, 0.2) is 6.10 Å². The Kier molecular flexibility index (Phi) is 83.9. The van der Waals surface area contributed by atoms with E-state index in [2.05, 4.69) is 203 Å². The second-order valence-corrected chi connectivity index (χ2v) is 32.5. The summed E-state index contributed by atoms with van der Waals surface area (Å²) in [6, 6.07) is 0. The van der Waals surface area contributed by atoms with Crippen LogP contribution in [0.25, 0.3) is 0 Å². The predicted octanol–water partition coefficient (Wildman–Crippen LogP) is 27.7. The summed E-state index contributed by atoms with van der Waals surface area (Å²) in [6.45, 7) is 2.39. The van der Waals surface area contributed by atoms with Crippen LogP contribution in [0.2, 0.25) is 0 Å². The number of unbranched alkanes of at least 4 members (excludes halogenated alkanes) is 31. The Hall–Kier alpha value is -5.35. The van der Waals surface area contributed by atoms with Crippen molar-refractivity contribution in [3.05, 3.63) is 182 Å². The lowest BCUT2D eigenvalue weighted by Crippen LogP contribution is -2.30. The van der Waals surface area contributed by atoms with E-state index in [0.717, 1.165) is 167 Å². The Morgan fingerprint density at radius 3 is 0.739 bits per heavy atom. The Labute approximate surface area is 700 Å². The van der Waals surface area contributed by atoms with Crippen molar-refractivity contribution in [2.75, 3.05) is 39.6 Å². The zero-order valence-electron chi connectivity index (χ0n) is 72.1. The summed E-state index contributed by atoms with van der Waals surface area (Å²) in [7, 11) is -9.83. The molecule has 0 aromatic heterocycles. The summed E-state index contributed by atoms with van der Waals surface area (Å²) in [5.41, 5.74) is 0. The Balaban J connectivity index is 4.54. The standard InChI is InChI=1S/C97H162O16P2/c1-4-7-10-13-16-19-22-25-28-31-34-36-38-40-41-42-43-44-45-46-47-48-49-51-53-54-57-59-62-65-68-71-74-77-80-83-95(100)107-86-92(98)87-109-114(103,104)110-88-93(99)89-111-115(105,106)112-91-94(113-97(102)85-82-79-76-73-70-67-64-61-56-33-30-27-24-21-18-15-12-9-6-3)90-108-96(101)84-81-78-75-72-69-66-63-60-58-55-52-50-39-37-35-32-29-26-23-20-17-14-11-8-5-2/h8-9,11-12,16-21,25-30,34-37,40-41,50,52,56,58,60-61,67,70,92-94,98-99H,4-7,10,13-15,22-24,31-33,38-39,42-49,51,53-55,57,59,62-66,68-69,71-91H2,1-3H3,(H,103,104)(H,105,106)/b11-8-,12-9-,19-16-,20-17-,21-18-,28-25-,29-26-,30-27-,36-34-,37-35-,41-40-,52-50-,60-58-,61-56-,70-67-. The van der Waals surface area contributed by atoms with Gasteiger partial charge in [0.25, 0.3) is 0 Å². The SMILES string of the molecule is CC/C=C\C/C=C\C/C=C\C/C=C\C/C=C\C/C=C\CCCCCCCCC(=O)OCC(COP(=O)(O)OCC(O)COP(=O)(O)OCC(O)COC(=O)CCCCCCCCCCCCCCCCCCCCC/C=C\C/C=C\C/C=C\C/C=C\CCCCC)OC(=O)CCCCC/C=C\C/C=C\C/C=C\C/C=C\C/C=C\CC. The summed E-state index contributed by atoms with van der Waals surface area (Å²) in [5.74, 6) is -1.63. The minimum atomic E-state index is -4.96. The van der Waals surface area contributed by atoms with Crippen LogP contribution in [0, 0.1) is 0 Å². The van der Waals surface area contributed by atoms with Gasteiger partial charge in [-0.25, -0.2) is 9.13 Å². The number of aliphatic hydroxyl groups is 2. The van der Waals surface area contributed by atoms with Gasteiger partial charge in [-0.05, 0) is 161 Å². The van der Waals surface area contributed by atoms with Crippen LogP contribution < -0.4 is 0 Å². The van der Waals surface area contributed by atoms with Crippen LogP contribution in [0.5, 0.6) is 0 Å². The highest BCUT2D eigenvalue weighted by molar-refractivity contribution is 7.47. The van der Waals surface area contributed by atoms with Gasteiger partial charge in [-0.1, -0.05) is 357 Å². The molecule has 5 unspecified atom stereocenters. The van der Waals surface area contributed by atoms with E-state index in [4.69, 9.17) is 32.3 Å². The topological polar surface area (TPSA) is 231 Å². The van der Waals surface area contributed by atoms with Gasteiger partial charge in [0.1, 0.15) is 25.4 Å². The minimum absolute atomic E-state index is 0.0553. The lowest BCUT2D eigenvalue weighted by atomic mass is 10.0. The van der Waals surface area contributed by atoms with E-state index in [1.54, 1.807) is 0 Å². The fourth-order valence-electron chi connectivity index (χ4n) is 11.8. The van der Waals surface area contributed by atoms with Crippen LogP contribution in [0.1, 0.15) is 355 Å². The quantitative estimate of drug-likeness (QED) is 0.0146. The zero-order valence-corrected chi connectivity index (χ0v) is 73.9. The van der Waals surface area contributed by atoms with Crippen LogP contribution in [-0.2, 0) is 55.8 Å². The third-order valence-corrected chi connectivity index (χ3v) is 20.5. The van der Waals surface area contributed by atoms with Crippen molar-refractivity contribution in [1.29, 1.82) is 0 Å². The molecular formula is C97H162O16P2. The molecule has 5 atom stereocenters. The van der Waals surface area contributed by atoms with Crippen molar-refractivity contribution >= 4 is 33.6 Å². The maximum absolute atomic E-state index is 13.0. The van der Waals surface area contributed by atoms with Crippen molar-refractivity contribution < 1.29 is 75.8 Å². The van der Waals surface area contributed by atoms with E-state index >= 15 is 0 Å². The van der Waals surface area contributed by atoms with Crippen LogP contribution in [0.4, 0.5) is 0 Å². The number of hydrogen-bond acceptors (Lipinski definition) is 14. The molecule has 115 heavy (non-hydrogen) atoms. The molecule has 16 nitrogen and oxygen atoms in total. The number of ether oxygens (including phenoxy) is 3. The zero-order chi connectivity index (χ0) is 83.6. The highest BCUT2D eigenvalue weighted by atomic mass is 31.2. The number of phosphoric acid groups is 2. The van der Waals surface area contributed by atoms with E-state index in [-0.39, 0.29) is 19.3 Å². The Morgan fingerprint density at radius 2 is 0.461 bits per heavy atom. The maximum atomic E-state index is 13.0.